The van der Waals surface area contributed by atoms with Gasteiger partial charge in [-0.2, -0.15) is 0 Å². The summed E-state index contributed by atoms with van der Waals surface area (Å²) in [4.78, 5) is 0. The predicted molar refractivity (Wildman–Crippen MR) is 78.7 cm³/mol. The summed E-state index contributed by atoms with van der Waals surface area (Å²) in [6.45, 7) is 2.05. The number of nitrogen functional groups attached to an aromatic ring is 1. The molecule has 1 aromatic heterocycles. The van der Waals surface area contributed by atoms with Crippen molar-refractivity contribution in [3.05, 3.63) is 29.5 Å². The van der Waals surface area contributed by atoms with Gasteiger partial charge in [-0.3, -0.25) is 0 Å². The molecular weight excluding hydrogens is 252 g/mol. The molecule has 106 valence electrons. The molecule has 2 aromatic rings. The fourth-order valence-electron chi connectivity index (χ4n) is 2.75. The van der Waals surface area contributed by atoms with Crippen LogP contribution in [-0.2, 0) is 6.42 Å². The minimum Gasteiger partial charge on any atom is -0.496 e. The van der Waals surface area contributed by atoms with Crippen molar-refractivity contribution in [2.75, 3.05) is 12.8 Å². The summed E-state index contributed by atoms with van der Waals surface area (Å²) in [7, 11) is 1.67. The van der Waals surface area contributed by atoms with Crippen molar-refractivity contribution >= 4 is 5.88 Å². The molecule has 1 aromatic carbocycles. The molecule has 4 nitrogen and oxygen atoms in total. The fraction of sp³-hybridized carbons (Fsp3) is 0.438. The van der Waals surface area contributed by atoms with E-state index < -0.39 is 0 Å². The van der Waals surface area contributed by atoms with E-state index in [1.807, 2.05) is 12.1 Å². The third-order valence-electron chi connectivity index (χ3n) is 4.12. The van der Waals surface area contributed by atoms with Crippen LogP contribution >= 0.6 is 0 Å². The maximum Gasteiger partial charge on any atom is 0.230 e. The number of nitrogens with zero attached hydrogens (tertiary/aromatic N) is 1. The Morgan fingerprint density at radius 2 is 2.20 bits per heavy atom. The van der Waals surface area contributed by atoms with Crippen LogP contribution in [0.25, 0.3) is 11.1 Å². The first-order valence-corrected chi connectivity index (χ1v) is 7.08. The first-order valence-electron chi connectivity index (χ1n) is 7.08. The second-order valence-corrected chi connectivity index (χ2v) is 5.57. The second-order valence-electron chi connectivity index (χ2n) is 5.57. The highest BCUT2D eigenvalue weighted by atomic mass is 16.5. The Balaban J connectivity index is 2.04. The highest BCUT2D eigenvalue weighted by Gasteiger charge is 2.25. The van der Waals surface area contributed by atoms with Gasteiger partial charge in [-0.25, -0.2) is 0 Å². The lowest BCUT2D eigenvalue weighted by Crippen LogP contribution is -2.14. The molecule has 1 saturated carbocycles. The maximum absolute atomic E-state index is 6.00. The molecule has 3 rings (SSSR count). The SMILES string of the molecule is COc1ccc(C)cc1-c1c(CC2CCC2)noc1N. The average molecular weight is 272 g/mol. The molecule has 0 spiro atoms. The molecule has 0 aliphatic heterocycles. The molecule has 1 heterocycles. The lowest BCUT2D eigenvalue weighted by Gasteiger charge is -2.24. The molecule has 0 atom stereocenters. The summed E-state index contributed by atoms with van der Waals surface area (Å²) in [5.74, 6) is 1.90. The molecule has 0 unspecified atom stereocenters. The van der Waals surface area contributed by atoms with Crippen LogP contribution in [0.3, 0.4) is 0 Å². The summed E-state index contributed by atoms with van der Waals surface area (Å²) in [5, 5.41) is 4.16. The molecule has 20 heavy (non-hydrogen) atoms. The average Bonchev–Trinajstić information content (AvgIpc) is 2.75. The van der Waals surface area contributed by atoms with E-state index in [1.165, 1.54) is 19.3 Å². The standard InChI is InChI=1S/C16H20N2O2/c1-10-6-7-14(19-2)12(8-10)15-13(18-20-16(15)17)9-11-4-3-5-11/h6-8,11H,3-5,9,17H2,1-2H3. The molecule has 0 amide bonds. The Hall–Kier alpha value is -1.97. The predicted octanol–water partition coefficient (Wildman–Crippen LogP) is 3.58. The van der Waals surface area contributed by atoms with Crippen molar-refractivity contribution in [2.45, 2.75) is 32.6 Å². The van der Waals surface area contributed by atoms with E-state index in [9.17, 15) is 0 Å². The van der Waals surface area contributed by atoms with Crippen LogP contribution in [0.2, 0.25) is 0 Å². The Morgan fingerprint density at radius 1 is 1.40 bits per heavy atom. The monoisotopic (exact) mass is 272 g/mol. The maximum atomic E-state index is 6.00. The number of anilines is 1. The van der Waals surface area contributed by atoms with E-state index in [0.717, 1.165) is 34.6 Å². The minimum absolute atomic E-state index is 0.378. The van der Waals surface area contributed by atoms with Crippen molar-refractivity contribution in [2.24, 2.45) is 5.92 Å². The van der Waals surface area contributed by atoms with Crippen LogP contribution in [0, 0.1) is 12.8 Å². The van der Waals surface area contributed by atoms with Crippen molar-refractivity contribution in [1.29, 1.82) is 0 Å². The summed E-state index contributed by atoms with van der Waals surface area (Å²) in [5.41, 5.74) is 9.99. The zero-order valence-electron chi connectivity index (χ0n) is 12.0. The number of ether oxygens (including phenoxy) is 1. The number of hydrogen-bond donors (Lipinski definition) is 1. The molecule has 0 radical (unpaired) electrons. The van der Waals surface area contributed by atoms with Gasteiger partial charge in [-0.1, -0.05) is 36.0 Å². The van der Waals surface area contributed by atoms with Crippen molar-refractivity contribution in [1.82, 2.24) is 5.16 Å². The molecule has 0 saturated heterocycles. The summed E-state index contributed by atoms with van der Waals surface area (Å²) >= 11 is 0. The Bertz CT molecular complexity index is 615. The van der Waals surface area contributed by atoms with Gasteiger partial charge in [0.1, 0.15) is 5.75 Å². The van der Waals surface area contributed by atoms with Gasteiger partial charge in [0.2, 0.25) is 5.88 Å². The van der Waals surface area contributed by atoms with Gasteiger partial charge in [0.15, 0.2) is 0 Å². The van der Waals surface area contributed by atoms with Gasteiger partial charge in [0.05, 0.1) is 18.4 Å². The molecular formula is C16H20N2O2. The van der Waals surface area contributed by atoms with Crippen LogP contribution in [0.1, 0.15) is 30.5 Å². The zero-order valence-corrected chi connectivity index (χ0v) is 12.0. The number of rotatable bonds is 4. The molecule has 1 fully saturated rings. The summed E-state index contributed by atoms with van der Waals surface area (Å²) in [6, 6.07) is 6.06. The van der Waals surface area contributed by atoms with E-state index in [-0.39, 0.29) is 0 Å². The van der Waals surface area contributed by atoms with Crippen LogP contribution in [0.5, 0.6) is 5.75 Å². The highest BCUT2D eigenvalue weighted by Crippen LogP contribution is 2.39. The van der Waals surface area contributed by atoms with Crippen LogP contribution in [-0.4, -0.2) is 12.3 Å². The number of nitrogens with two attached hydrogens (primary N) is 1. The largest absolute Gasteiger partial charge is 0.496 e. The van der Waals surface area contributed by atoms with Crippen LogP contribution < -0.4 is 10.5 Å². The third-order valence-corrected chi connectivity index (χ3v) is 4.12. The zero-order chi connectivity index (χ0) is 14.1. The molecule has 2 N–H and O–H groups in total. The number of aromatic nitrogens is 1. The van der Waals surface area contributed by atoms with Crippen molar-refractivity contribution in [3.8, 4) is 16.9 Å². The lowest BCUT2D eigenvalue weighted by atomic mass is 9.81. The van der Waals surface area contributed by atoms with Crippen molar-refractivity contribution < 1.29 is 9.26 Å². The smallest absolute Gasteiger partial charge is 0.230 e. The molecule has 1 aliphatic carbocycles. The minimum atomic E-state index is 0.378. The van der Waals surface area contributed by atoms with Gasteiger partial charge >= 0.3 is 0 Å². The molecule has 0 bridgehead atoms. The first-order chi connectivity index (χ1) is 9.69. The Kier molecular flexibility index (Phi) is 3.38. The van der Waals surface area contributed by atoms with E-state index in [4.69, 9.17) is 15.0 Å². The number of benzene rings is 1. The molecule has 4 heteroatoms. The van der Waals surface area contributed by atoms with Gasteiger partial charge in [0.25, 0.3) is 0 Å². The van der Waals surface area contributed by atoms with Gasteiger partial charge < -0.3 is 15.0 Å². The number of hydrogen-bond acceptors (Lipinski definition) is 4. The lowest BCUT2D eigenvalue weighted by molar-refractivity contribution is 0.305. The Labute approximate surface area is 118 Å². The Morgan fingerprint density at radius 3 is 2.85 bits per heavy atom. The second kappa shape index (κ2) is 5.19. The quantitative estimate of drug-likeness (QED) is 0.924. The van der Waals surface area contributed by atoms with E-state index in [2.05, 4.69) is 18.1 Å². The number of methoxy groups -OCH3 is 1. The summed E-state index contributed by atoms with van der Waals surface area (Å²) in [6.07, 6.45) is 4.81. The topological polar surface area (TPSA) is 61.3 Å². The van der Waals surface area contributed by atoms with E-state index >= 15 is 0 Å². The fourth-order valence-corrected chi connectivity index (χ4v) is 2.75. The van der Waals surface area contributed by atoms with Gasteiger partial charge in [-0.15, -0.1) is 0 Å². The van der Waals surface area contributed by atoms with Crippen LogP contribution in [0.15, 0.2) is 22.7 Å². The normalized spacial score (nSPS) is 15.1. The van der Waals surface area contributed by atoms with Gasteiger partial charge in [-0.05, 0) is 31.4 Å². The van der Waals surface area contributed by atoms with Crippen molar-refractivity contribution in [3.63, 3.8) is 0 Å². The van der Waals surface area contributed by atoms with E-state index in [1.54, 1.807) is 7.11 Å². The van der Waals surface area contributed by atoms with Crippen LogP contribution in [0.4, 0.5) is 5.88 Å². The summed E-state index contributed by atoms with van der Waals surface area (Å²) < 4.78 is 10.7. The van der Waals surface area contributed by atoms with Gasteiger partial charge in [0, 0.05) is 5.56 Å². The van der Waals surface area contributed by atoms with E-state index in [0.29, 0.717) is 11.8 Å². The first kappa shape index (κ1) is 13.0. The third kappa shape index (κ3) is 2.26. The molecule has 1 aliphatic rings. The number of aryl methyl sites for hydroxylation is 1. The highest BCUT2D eigenvalue weighted by molar-refractivity contribution is 5.80.